The van der Waals surface area contributed by atoms with Crippen LogP contribution in [-0.4, -0.2) is 72.1 Å². The molecular weight excluding hydrogens is 349 g/mol. The van der Waals surface area contributed by atoms with Crippen LogP contribution in [0.2, 0.25) is 0 Å². The van der Waals surface area contributed by atoms with Crippen molar-refractivity contribution >= 4 is 11.9 Å². The molecule has 0 aliphatic carbocycles. The third kappa shape index (κ3) is 4.24. The number of halogens is 1. The Morgan fingerprint density at radius 2 is 1.81 bits per heavy atom. The Bertz CT molecular complexity index is 680. The smallest absolute Gasteiger partial charge is 0.321 e. The van der Waals surface area contributed by atoms with E-state index in [9.17, 15) is 14.0 Å². The molecular formula is C20H28FN3O3. The van der Waals surface area contributed by atoms with Crippen molar-refractivity contribution in [3.8, 4) is 0 Å². The van der Waals surface area contributed by atoms with Gasteiger partial charge in [-0.2, -0.15) is 0 Å². The van der Waals surface area contributed by atoms with Crippen molar-refractivity contribution in [2.75, 3.05) is 33.4 Å². The van der Waals surface area contributed by atoms with E-state index in [1.165, 1.54) is 12.1 Å². The Balaban J connectivity index is 1.78. The van der Waals surface area contributed by atoms with Gasteiger partial charge in [0.1, 0.15) is 11.9 Å². The molecule has 2 heterocycles. The van der Waals surface area contributed by atoms with Crippen molar-refractivity contribution in [2.45, 2.75) is 38.9 Å². The van der Waals surface area contributed by atoms with Crippen molar-refractivity contribution in [3.05, 3.63) is 35.6 Å². The molecule has 6 nitrogen and oxygen atoms in total. The maximum absolute atomic E-state index is 13.1. The van der Waals surface area contributed by atoms with E-state index in [1.54, 1.807) is 29.0 Å². The molecule has 2 saturated heterocycles. The van der Waals surface area contributed by atoms with Gasteiger partial charge in [-0.05, 0) is 30.0 Å². The summed E-state index contributed by atoms with van der Waals surface area (Å²) in [5.74, 6) is 0.0233. The molecule has 2 fully saturated rings. The Kier molecular flexibility index (Phi) is 5.99. The first-order chi connectivity index (χ1) is 12.9. The topological polar surface area (TPSA) is 53.1 Å². The number of carbonyl (C=O) groups excluding carboxylic acids is 2. The molecule has 0 saturated carbocycles. The molecule has 148 valence electrons. The number of nitrogens with zero attached hydrogens (tertiary/aromatic N) is 3. The van der Waals surface area contributed by atoms with Crippen molar-refractivity contribution < 1.29 is 18.7 Å². The second-order valence-corrected chi connectivity index (χ2v) is 7.77. The summed E-state index contributed by atoms with van der Waals surface area (Å²) in [7, 11) is 1.62. The molecule has 0 radical (unpaired) electrons. The number of methoxy groups -OCH3 is 1. The highest BCUT2D eigenvalue weighted by atomic mass is 19.1. The molecule has 2 aliphatic rings. The van der Waals surface area contributed by atoms with Crippen LogP contribution in [0.3, 0.4) is 0 Å². The standard InChI is InChI=1S/C20H28FN3O3/c1-14(2)10-18-19(25)22(8-9-27-3)12-17-13-23(20(26)24(17)18)11-15-4-6-16(21)7-5-15/h4-7,14,17-18H,8-13H2,1-3H3/t17-,18-/m0/s1. The normalized spacial score (nSPS) is 22.8. The number of piperazine rings is 1. The summed E-state index contributed by atoms with van der Waals surface area (Å²) >= 11 is 0. The first-order valence-electron chi connectivity index (χ1n) is 9.50. The van der Waals surface area contributed by atoms with Crippen LogP contribution in [0.5, 0.6) is 0 Å². The Hall–Kier alpha value is -2.15. The fourth-order valence-corrected chi connectivity index (χ4v) is 3.95. The highest BCUT2D eigenvalue weighted by Gasteiger charge is 2.49. The van der Waals surface area contributed by atoms with Crippen LogP contribution in [0.25, 0.3) is 0 Å². The lowest BCUT2D eigenvalue weighted by atomic mass is 9.97. The first-order valence-corrected chi connectivity index (χ1v) is 9.50. The second-order valence-electron chi connectivity index (χ2n) is 7.77. The number of hydrogen-bond acceptors (Lipinski definition) is 3. The zero-order valence-electron chi connectivity index (χ0n) is 16.2. The van der Waals surface area contributed by atoms with Crippen LogP contribution in [0.15, 0.2) is 24.3 Å². The molecule has 0 unspecified atom stereocenters. The van der Waals surface area contributed by atoms with E-state index < -0.39 is 6.04 Å². The van der Waals surface area contributed by atoms with Gasteiger partial charge in [0.25, 0.3) is 0 Å². The quantitative estimate of drug-likeness (QED) is 0.733. The van der Waals surface area contributed by atoms with Crippen LogP contribution < -0.4 is 0 Å². The number of ether oxygens (including phenoxy) is 1. The van der Waals surface area contributed by atoms with Gasteiger partial charge in [-0.25, -0.2) is 9.18 Å². The van der Waals surface area contributed by atoms with Crippen molar-refractivity contribution in [1.29, 1.82) is 0 Å². The van der Waals surface area contributed by atoms with E-state index >= 15 is 0 Å². The minimum absolute atomic E-state index is 0.00832. The summed E-state index contributed by atoms with van der Waals surface area (Å²) in [5, 5.41) is 0. The van der Waals surface area contributed by atoms with Gasteiger partial charge in [-0.15, -0.1) is 0 Å². The zero-order chi connectivity index (χ0) is 19.6. The van der Waals surface area contributed by atoms with Crippen LogP contribution in [-0.2, 0) is 16.1 Å². The van der Waals surface area contributed by atoms with Crippen molar-refractivity contribution in [1.82, 2.24) is 14.7 Å². The van der Waals surface area contributed by atoms with Gasteiger partial charge in [0.05, 0.1) is 12.6 Å². The molecule has 27 heavy (non-hydrogen) atoms. The van der Waals surface area contributed by atoms with Gasteiger partial charge >= 0.3 is 6.03 Å². The highest BCUT2D eigenvalue weighted by molar-refractivity contribution is 5.90. The second kappa shape index (κ2) is 8.25. The molecule has 3 amide bonds. The SMILES string of the molecule is COCCN1C[C@H]2CN(Cc3ccc(F)cc3)C(=O)N2[C@@H](CC(C)C)C1=O. The average molecular weight is 377 g/mol. The van der Waals surface area contributed by atoms with Gasteiger partial charge in [0.2, 0.25) is 5.91 Å². The van der Waals surface area contributed by atoms with E-state index in [2.05, 4.69) is 13.8 Å². The number of rotatable bonds is 7. The number of carbonyl (C=O) groups is 2. The Labute approximate surface area is 159 Å². The molecule has 2 atom stereocenters. The van der Waals surface area contributed by atoms with Crippen LogP contribution in [0.1, 0.15) is 25.8 Å². The van der Waals surface area contributed by atoms with E-state index in [0.717, 1.165) is 5.56 Å². The Morgan fingerprint density at radius 1 is 1.15 bits per heavy atom. The lowest BCUT2D eigenvalue weighted by molar-refractivity contribution is -0.143. The molecule has 1 aromatic carbocycles. The fraction of sp³-hybridized carbons (Fsp3) is 0.600. The zero-order valence-corrected chi connectivity index (χ0v) is 16.2. The molecule has 2 aliphatic heterocycles. The maximum atomic E-state index is 13.1. The first kappa shape index (κ1) is 19.6. The van der Waals surface area contributed by atoms with Crippen molar-refractivity contribution in [2.24, 2.45) is 5.92 Å². The molecule has 0 N–H and O–H groups in total. The van der Waals surface area contributed by atoms with Gasteiger partial charge < -0.3 is 19.4 Å². The largest absolute Gasteiger partial charge is 0.383 e. The predicted octanol–water partition coefficient (Wildman–Crippen LogP) is 2.34. The van der Waals surface area contributed by atoms with Gasteiger partial charge in [-0.3, -0.25) is 4.79 Å². The summed E-state index contributed by atoms with van der Waals surface area (Å²) in [6.07, 6.45) is 0.648. The summed E-state index contributed by atoms with van der Waals surface area (Å²) in [6, 6.07) is 5.65. The molecule has 0 bridgehead atoms. The van der Waals surface area contributed by atoms with Crippen LogP contribution in [0.4, 0.5) is 9.18 Å². The van der Waals surface area contributed by atoms with Gasteiger partial charge in [0.15, 0.2) is 0 Å². The number of amides is 3. The minimum atomic E-state index is -0.425. The Morgan fingerprint density at radius 3 is 2.44 bits per heavy atom. The number of fused-ring (bicyclic) bond motifs is 1. The predicted molar refractivity (Wildman–Crippen MR) is 99.5 cm³/mol. The molecule has 1 aromatic rings. The lowest BCUT2D eigenvalue weighted by Crippen LogP contribution is -2.61. The molecule has 3 rings (SSSR count). The number of benzene rings is 1. The summed E-state index contributed by atoms with van der Waals surface area (Å²) < 4.78 is 18.3. The van der Waals surface area contributed by atoms with Crippen molar-refractivity contribution in [3.63, 3.8) is 0 Å². The van der Waals surface area contributed by atoms with Crippen LogP contribution >= 0.6 is 0 Å². The summed E-state index contributed by atoms with van der Waals surface area (Å²) in [5.41, 5.74) is 0.882. The lowest BCUT2D eigenvalue weighted by Gasteiger charge is -2.42. The molecule has 0 spiro atoms. The number of urea groups is 1. The number of hydrogen-bond donors (Lipinski definition) is 0. The minimum Gasteiger partial charge on any atom is -0.383 e. The van der Waals surface area contributed by atoms with E-state index in [0.29, 0.717) is 45.1 Å². The maximum Gasteiger partial charge on any atom is 0.321 e. The fourth-order valence-electron chi connectivity index (χ4n) is 3.95. The van der Waals surface area contributed by atoms with Crippen LogP contribution in [0, 0.1) is 11.7 Å². The summed E-state index contributed by atoms with van der Waals surface area (Å²) in [6.45, 7) is 6.68. The third-order valence-electron chi connectivity index (χ3n) is 5.23. The monoisotopic (exact) mass is 377 g/mol. The summed E-state index contributed by atoms with van der Waals surface area (Å²) in [4.78, 5) is 31.4. The van der Waals surface area contributed by atoms with E-state index in [4.69, 9.17) is 4.74 Å². The highest BCUT2D eigenvalue weighted by Crippen LogP contribution is 2.30. The van der Waals surface area contributed by atoms with E-state index in [-0.39, 0.29) is 23.8 Å². The molecule has 7 heteroatoms. The van der Waals surface area contributed by atoms with Gasteiger partial charge in [0, 0.05) is 33.3 Å². The van der Waals surface area contributed by atoms with Gasteiger partial charge in [-0.1, -0.05) is 26.0 Å². The van der Waals surface area contributed by atoms with E-state index in [1.807, 2.05) is 4.90 Å². The molecule has 0 aromatic heterocycles. The third-order valence-corrected chi connectivity index (χ3v) is 5.23. The average Bonchev–Trinajstić information content (AvgIpc) is 2.93.